The molecule has 0 bridgehead atoms. The first-order valence-corrected chi connectivity index (χ1v) is 7.50. The van der Waals surface area contributed by atoms with E-state index in [9.17, 15) is 9.90 Å². The summed E-state index contributed by atoms with van der Waals surface area (Å²) in [5.74, 6) is 0.807. The van der Waals surface area contributed by atoms with E-state index in [1.807, 2.05) is 19.1 Å². The number of phenols is 1. The minimum Gasteiger partial charge on any atom is -0.508 e. The Kier molecular flexibility index (Phi) is 5.60. The SMILES string of the molecule is COc1ccc(C(=O)C(C)NCCc2ccc(O)cc2)cc1N. The Morgan fingerprint density at radius 3 is 2.57 bits per heavy atom. The fourth-order valence-corrected chi connectivity index (χ4v) is 2.33. The van der Waals surface area contributed by atoms with Crippen molar-refractivity contribution < 1.29 is 14.6 Å². The summed E-state index contributed by atoms with van der Waals surface area (Å²) in [6.07, 6.45) is 0.780. The van der Waals surface area contributed by atoms with E-state index in [0.717, 1.165) is 12.0 Å². The zero-order chi connectivity index (χ0) is 16.8. The van der Waals surface area contributed by atoms with Gasteiger partial charge in [0.2, 0.25) is 0 Å². The molecule has 0 saturated carbocycles. The smallest absolute Gasteiger partial charge is 0.179 e. The predicted molar refractivity (Wildman–Crippen MR) is 91.0 cm³/mol. The lowest BCUT2D eigenvalue weighted by atomic mass is 10.0. The molecular formula is C18H22N2O3. The fraction of sp³-hybridized carbons (Fsp3) is 0.278. The molecule has 122 valence electrons. The maximum absolute atomic E-state index is 12.4. The minimum absolute atomic E-state index is 0.00920. The highest BCUT2D eigenvalue weighted by molar-refractivity contribution is 6.00. The van der Waals surface area contributed by atoms with Crippen LogP contribution in [0.4, 0.5) is 5.69 Å². The first-order valence-electron chi connectivity index (χ1n) is 7.50. The number of nitrogens with one attached hydrogen (secondary N) is 1. The Balaban J connectivity index is 1.89. The molecule has 0 fully saturated rings. The third kappa shape index (κ3) is 4.47. The second-order valence-corrected chi connectivity index (χ2v) is 5.41. The van der Waals surface area contributed by atoms with E-state index in [2.05, 4.69) is 5.32 Å². The van der Waals surface area contributed by atoms with Crippen molar-refractivity contribution in [2.45, 2.75) is 19.4 Å². The number of carbonyl (C=O) groups excluding carboxylic acids is 1. The number of anilines is 1. The summed E-state index contributed by atoms with van der Waals surface area (Å²) in [4.78, 5) is 12.4. The third-order valence-electron chi connectivity index (χ3n) is 3.71. The maximum atomic E-state index is 12.4. The van der Waals surface area contributed by atoms with Crippen molar-refractivity contribution in [1.82, 2.24) is 5.32 Å². The molecule has 23 heavy (non-hydrogen) atoms. The van der Waals surface area contributed by atoms with Crippen LogP contribution in [0.25, 0.3) is 0 Å². The second-order valence-electron chi connectivity index (χ2n) is 5.41. The lowest BCUT2D eigenvalue weighted by molar-refractivity contribution is 0.0951. The number of hydrogen-bond acceptors (Lipinski definition) is 5. The molecule has 0 heterocycles. The first kappa shape index (κ1) is 16.8. The highest BCUT2D eigenvalue weighted by atomic mass is 16.5. The molecule has 2 aromatic rings. The van der Waals surface area contributed by atoms with Gasteiger partial charge in [0.25, 0.3) is 0 Å². The number of aromatic hydroxyl groups is 1. The number of Topliss-reactive ketones (excluding diaryl/α,β-unsaturated/α-hetero) is 1. The number of rotatable bonds is 7. The number of hydrogen-bond donors (Lipinski definition) is 3. The van der Waals surface area contributed by atoms with Crippen LogP contribution in [-0.4, -0.2) is 30.6 Å². The predicted octanol–water partition coefficient (Wildman–Crippen LogP) is 2.39. The Morgan fingerprint density at radius 1 is 1.26 bits per heavy atom. The van der Waals surface area contributed by atoms with Crippen molar-refractivity contribution in [3.8, 4) is 11.5 Å². The van der Waals surface area contributed by atoms with Gasteiger partial charge in [0, 0.05) is 5.56 Å². The van der Waals surface area contributed by atoms with Gasteiger partial charge in [0.15, 0.2) is 5.78 Å². The van der Waals surface area contributed by atoms with Gasteiger partial charge < -0.3 is 20.9 Å². The van der Waals surface area contributed by atoms with Crippen LogP contribution in [0.1, 0.15) is 22.8 Å². The summed E-state index contributed by atoms with van der Waals surface area (Å²) < 4.78 is 5.09. The van der Waals surface area contributed by atoms with Gasteiger partial charge in [-0.05, 0) is 55.8 Å². The van der Waals surface area contributed by atoms with Gasteiger partial charge in [-0.15, -0.1) is 0 Å². The van der Waals surface area contributed by atoms with E-state index in [-0.39, 0.29) is 17.6 Å². The van der Waals surface area contributed by atoms with Crippen molar-refractivity contribution in [2.75, 3.05) is 19.4 Å². The first-order chi connectivity index (χ1) is 11.0. The fourth-order valence-electron chi connectivity index (χ4n) is 2.33. The largest absolute Gasteiger partial charge is 0.508 e. The molecule has 0 saturated heterocycles. The Bertz CT molecular complexity index is 668. The monoisotopic (exact) mass is 314 g/mol. The molecule has 2 rings (SSSR count). The van der Waals surface area contributed by atoms with Crippen molar-refractivity contribution in [3.63, 3.8) is 0 Å². The second kappa shape index (κ2) is 7.65. The van der Waals surface area contributed by atoms with Crippen LogP contribution in [0, 0.1) is 0 Å². The zero-order valence-electron chi connectivity index (χ0n) is 13.4. The topological polar surface area (TPSA) is 84.6 Å². The van der Waals surface area contributed by atoms with Gasteiger partial charge in [0.1, 0.15) is 11.5 Å². The molecular weight excluding hydrogens is 292 g/mol. The van der Waals surface area contributed by atoms with Gasteiger partial charge in [-0.2, -0.15) is 0 Å². The summed E-state index contributed by atoms with van der Waals surface area (Å²) in [5, 5.41) is 12.5. The molecule has 0 aliphatic heterocycles. The van der Waals surface area contributed by atoms with Crippen molar-refractivity contribution >= 4 is 11.5 Å². The van der Waals surface area contributed by atoms with Crippen LogP contribution in [0.3, 0.4) is 0 Å². The number of nitrogens with two attached hydrogens (primary N) is 1. The maximum Gasteiger partial charge on any atom is 0.179 e. The lowest BCUT2D eigenvalue weighted by Crippen LogP contribution is -2.35. The molecule has 4 N–H and O–H groups in total. The lowest BCUT2D eigenvalue weighted by Gasteiger charge is -2.14. The summed E-state index contributed by atoms with van der Waals surface area (Å²) in [5.41, 5.74) is 7.96. The molecule has 5 nitrogen and oxygen atoms in total. The number of phenolic OH excluding ortho intramolecular Hbond substituents is 1. The summed E-state index contributed by atoms with van der Waals surface area (Å²) >= 11 is 0. The van der Waals surface area contributed by atoms with E-state index in [1.165, 1.54) is 0 Å². The van der Waals surface area contributed by atoms with Gasteiger partial charge >= 0.3 is 0 Å². The van der Waals surface area contributed by atoms with E-state index >= 15 is 0 Å². The molecule has 1 unspecified atom stereocenters. The van der Waals surface area contributed by atoms with Gasteiger partial charge in [-0.25, -0.2) is 0 Å². The Hall–Kier alpha value is -2.53. The molecule has 0 spiro atoms. The molecule has 0 amide bonds. The highest BCUT2D eigenvalue weighted by Crippen LogP contribution is 2.22. The molecule has 0 aromatic heterocycles. The standard InChI is InChI=1S/C18H22N2O3/c1-12(20-10-9-13-3-6-15(21)7-4-13)18(22)14-5-8-17(23-2)16(19)11-14/h3-8,11-12,20-21H,9-10,19H2,1-2H3. The molecule has 2 aromatic carbocycles. The number of benzene rings is 2. The number of ketones is 1. The highest BCUT2D eigenvalue weighted by Gasteiger charge is 2.15. The van der Waals surface area contributed by atoms with Crippen LogP contribution in [-0.2, 0) is 6.42 Å². The van der Waals surface area contributed by atoms with Crippen LogP contribution >= 0.6 is 0 Å². The molecule has 0 radical (unpaired) electrons. The van der Waals surface area contributed by atoms with Crippen LogP contribution in [0.5, 0.6) is 11.5 Å². The molecule has 0 aliphatic carbocycles. The molecule has 0 aliphatic rings. The Morgan fingerprint density at radius 2 is 1.96 bits per heavy atom. The van der Waals surface area contributed by atoms with Crippen molar-refractivity contribution in [3.05, 3.63) is 53.6 Å². The quantitative estimate of drug-likeness (QED) is 0.540. The average molecular weight is 314 g/mol. The minimum atomic E-state index is -0.306. The van der Waals surface area contributed by atoms with Gasteiger partial charge in [0.05, 0.1) is 18.8 Å². The third-order valence-corrected chi connectivity index (χ3v) is 3.71. The van der Waals surface area contributed by atoms with Gasteiger partial charge in [-0.1, -0.05) is 12.1 Å². The normalized spacial score (nSPS) is 11.9. The van der Waals surface area contributed by atoms with E-state index < -0.39 is 0 Å². The number of carbonyl (C=O) groups is 1. The average Bonchev–Trinajstić information content (AvgIpc) is 2.55. The summed E-state index contributed by atoms with van der Waals surface area (Å²) in [6.45, 7) is 2.50. The van der Waals surface area contributed by atoms with Crippen molar-refractivity contribution in [1.29, 1.82) is 0 Å². The van der Waals surface area contributed by atoms with E-state index in [4.69, 9.17) is 10.5 Å². The summed E-state index contributed by atoms with van der Waals surface area (Å²) in [6, 6.07) is 11.8. The van der Waals surface area contributed by atoms with E-state index in [1.54, 1.807) is 37.4 Å². The summed E-state index contributed by atoms with van der Waals surface area (Å²) in [7, 11) is 1.54. The molecule has 5 heteroatoms. The number of nitrogen functional groups attached to an aromatic ring is 1. The van der Waals surface area contributed by atoms with Crippen LogP contribution < -0.4 is 15.8 Å². The zero-order valence-corrected chi connectivity index (χ0v) is 13.4. The van der Waals surface area contributed by atoms with Gasteiger partial charge in [-0.3, -0.25) is 4.79 Å². The van der Waals surface area contributed by atoms with Crippen molar-refractivity contribution in [2.24, 2.45) is 0 Å². The Labute approximate surface area is 136 Å². The number of ether oxygens (including phenoxy) is 1. The van der Waals surface area contributed by atoms with Crippen LogP contribution in [0.15, 0.2) is 42.5 Å². The molecule has 1 atom stereocenters. The van der Waals surface area contributed by atoms with E-state index in [0.29, 0.717) is 23.5 Å². The van der Waals surface area contributed by atoms with Crippen LogP contribution in [0.2, 0.25) is 0 Å². The number of methoxy groups -OCH3 is 1.